The van der Waals surface area contributed by atoms with Crippen molar-refractivity contribution in [1.82, 2.24) is 0 Å². The summed E-state index contributed by atoms with van der Waals surface area (Å²) in [4.78, 5) is 24.3. The zero-order valence-electron chi connectivity index (χ0n) is 15.2. The van der Waals surface area contributed by atoms with Crippen molar-refractivity contribution < 1.29 is 19.1 Å². The van der Waals surface area contributed by atoms with Crippen LogP contribution >= 0.6 is 0 Å². The van der Waals surface area contributed by atoms with Crippen LogP contribution in [0.5, 0.6) is 0 Å². The molecule has 1 aromatic carbocycles. The Hall–Kier alpha value is -1.84. The van der Waals surface area contributed by atoms with Crippen LogP contribution < -0.4 is 0 Å². The van der Waals surface area contributed by atoms with E-state index < -0.39 is 5.97 Å². The standard InChI is InChI=1S/C20H30O4/c1-4-7-13-18(10-6-3)24-20(22)17-12-9-11-16(15-17)19(21)23-14-8-5-2/h9,11-12,15,18H,4-8,10,13-14H2,1-3H3. The molecule has 4 nitrogen and oxygen atoms in total. The minimum atomic E-state index is -0.394. The van der Waals surface area contributed by atoms with Crippen molar-refractivity contribution in [1.29, 1.82) is 0 Å². The van der Waals surface area contributed by atoms with Gasteiger partial charge in [-0.15, -0.1) is 0 Å². The third-order valence-electron chi connectivity index (χ3n) is 3.83. The van der Waals surface area contributed by atoms with E-state index in [0.29, 0.717) is 17.7 Å². The summed E-state index contributed by atoms with van der Waals surface area (Å²) >= 11 is 0. The number of esters is 2. The predicted molar refractivity (Wildman–Crippen MR) is 95.3 cm³/mol. The maximum atomic E-state index is 12.4. The Morgan fingerprint density at radius 2 is 1.58 bits per heavy atom. The van der Waals surface area contributed by atoms with Gasteiger partial charge in [0.15, 0.2) is 0 Å². The number of carbonyl (C=O) groups excluding carboxylic acids is 2. The van der Waals surface area contributed by atoms with E-state index in [-0.39, 0.29) is 12.1 Å². The van der Waals surface area contributed by atoms with Gasteiger partial charge < -0.3 is 9.47 Å². The first-order chi connectivity index (χ1) is 11.6. The summed E-state index contributed by atoms with van der Waals surface area (Å²) in [5, 5.41) is 0. The normalized spacial score (nSPS) is 11.8. The first-order valence-corrected chi connectivity index (χ1v) is 9.10. The minimum absolute atomic E-state index is 0.0531. The fourth-order valence-electron chi connectivity index (χ4n) is 2.40. The first-order valence-electron chi connectivity index (χ1n) is 9.10. The summed E-state index contributed by atoms with van der Waals surface area (Å²) in [5.74, 6) is -0.762. The summed E-state index contributed by atoms with van der Waals surface area (Å²) < 4.78 is 10.8. The fraction of sp³-hybridized carbons (Fsp3) is 0.600. The van der Waals surface area contributed by atoms with E-state index in [9.17, 15) is 9.59 Å². The van der Waals surface area contributed by atoms with Gasteiger partial charge in [-0.3, -0.25) is 0 Å². The Labute approximate surface area is 145 Å². The van der Waals surface area contributed by atoms with Crippen molar-refractivity contribution in [2.75, 3.05) is 6.61 Å². The average molecular weight is 334 g/mol. The monoisotopic (exact) mass is 334 g/mol. The number of carbonyl (C=O) groups is 2. The molecule has 0 radical (unpaired) electrons. The molecule has 1 aromatic rings. The molecule has 4 heteroatoms. The number of hydrogen-bond donors (Lipinski definition) is 0. The van der Waals surface area contributed by atoms with Crippen molar-refractivity contribution in [3.8, 4) is 0 Å². The van der Waals surface area contributed by atoms with E-state index in [0.717, 1.165) is 44.9 Å². The molecule has 134 valence electrons. The Balaban J connectivity index is 2.69. The van der Waals surface area contributed by atoms with Crippen molar-refractivity contribution in [2.45, 2.75) is 71.8 Å². The topological polar surface area (TPSA) is 52.6 Å². The molecule has 0 aliphatic heterocycles. The molecular formula is C20H30O4. The second-order valence-corrected chi connectivity index (χ2v) is 6.03. The van der Waals surface area contributed by atoms with Crippen LogP contribution in [0.15, 0.2) is 24.3 Å². The summed E-state index contributed by atoms with van der Waals surface area (Å²) in [6.07, 6.45) is 6.60. The van der Waals surface area contributed by atoms with Crippen LogP contribution in [-0.4, -0.2) is 24.6 Å². The lowest BCUT2D eigenvalue weighted by Crippen LogP contribution is -2.18. The second-order valence-electron chi connectivity index (χ2n) is 6.03. The average Bonchev–Trinajstić information content (AvgIpc) is 2.60. The van der Waals surface area contributed by atoms with E-state index in [1.807, 2.05) is 6.92 Å². The number of unbranched alkanes of at least 4 members (excludes halogenated alkanes) is 2. The van der Waals surface area contributed by atoms with Crippen LogP contribution in [0, 0.1) is 0 Å². The molecule has 24 heavy (non-hydrogen) atoms. The van der Waals surface area contributed by atoms with Crippen LogP contribution in [0.1, 0.15) is 86.4 Å². The van der Waals surface area contributed by atoms with E-state index in [1.165, 1.54) is 0 Å². The Morgan fingerprint density at radius 3 is 2.21 bits per heavy atom. The minimum Gasteiger partial charge on any atom is -0.462 e. The predicted octanol–water partition coefficient (Wildman–Crippen LogP) is 5.16. The Morgan fingerprint density at radius 1 is 0.917 bits per heavy atom. The molecule has 0 fully saturated rings. The van der Waals surface area contributed by atoms with Gasteiger partial charge in [0.2, 0.25) is 0 Å². The third kappa shape index (κ3) is 7.16. The highest BCUT2D eigenvalue weighted by Gasteiger charge is 2.17. The van der Waals surface area contributed by atoms with Gasteiger partial charge in [-0.25, -0.2) is 9.59 Å². The Kier molecular flexibility index (Phi) is 9.81. The lowest BCUT2D eigenvalue weighted by Gasteiger charge is -2.17. The van der Waals surface area contributed by atoms with Gasteiger partial charge in [0.05, 0.1) is 17.7 Å². The second kappa shape index (κ2) is 11.7. The molecule has 0 spiro atoms. The molecule has 0 aliphatic carbocycles. The molecule has 0 saturated heterocycles. The molecular weight excluding hydrogens is 304 g/mol. The molecule has 1 rings (SSSR count). The SMILES string of the molecule is CCCCOC(=O)c1cccc(C(=O)OC(CCC)CCCC)c1. The molecule has 0 aromatic heterocycles. The quantitative estimate of drug-likeness (QED) is 0.414. The number of benzene rings is 1. The number of rotatable bonds is 11. The largest absolute Gasteiger partial charge is 0.462 e. The van der Waals surface area contributed by atoms with Crippen LogP contribution in [0.4, 0.5) is 0 Å². The van der Waals surface area contributed by atoms with Gasteiger partial charge in [-0.05, 0) is 37.5 Å². The summed E-state index contributed by atoms with van der Waals surface area (Å²) in [5.41, 5.74) is 0.790. The third-order valence-corrected chi connectivity index (χ3v) is 3.83. The van der Waals surface area contributed by atoms with Crippen LogP contribution in [0.25, 0.3) is 0 Å². The fourth-order valence-corrected chi connectivity index (χ4v) is 2.40. The highest BCUT2D eigenvalue weighted by atomic mass is 16.5. The van der Waals surface area contributed by atoms with Crippen LogP contribution in [0.3, 0.4) is 0 Å². The summed E-state index contributed by atoms with van der Waals surface area (Å²) in [6, 6.07) is 6.58. The van der Waals surface area contributed by atoms with Gasteiger partial charge in [-0.1, -0.05) is 52.5 Å². The lowest BCUT2D eigenvalue weighted by atomic mass is 10.1. The summed E-state index contributed by atoms with van der Waals surface area (Å²) in [7, 11) is 0. The van der Waals surface area contributed by atoms with E-state index in [1.54, 1.807) is 24.3 Å². The first kappa shape index (κ1) is 20.2. The molecule has 0 heterocycles. The molecule has 1 unspecified atom stereocenters. The zero-order valence-corrected chi connectivity index (χ0v) is 15.2. The van der Waals surface area contributed by atoms with Gasteiger partial charge in [0.1, 0.15) is 6.10 Å². The van der Waals surface area contributed by atoms with Gasteiger partial charge in [-0.2, -0.15) is 0 Å². The van der Waals surface area contributed by atoms with E-state index in [4.69, 9.17) is 9.47 Å². The lowest BCUT2D eigenvalue weighted by molar-refractivity contribution is 0.0255. The number of hydrogen-bond acceptors (Lipinski definition) is 4. The summed E-state index contributed by atoms with van der Waals surface area (Å²) in [6.45, 7) is 6.65. The molecule has 0 bridgehead atoms. The smallest absolute Gasteiger partial charge is 0.338 e. The highest BCUT2D eigenvalue weighted by molar-refractivity contribution is 5.95. The molecule has 0 saturated carbocycles. The van der Waals surface area contributed by atoms with Crippen LogP contribution in [0.2, 0.25) is 0 Å². The van der Waals surface area contributed by atoms with Crippen molar-refractivity contribution in [3.05, 3.63) is 35.4 Å². The zero-order chi connectivity index (χ0) is 17.8. The van der Waals surface area contributed by atoms with Crippen molar-refractivity contribution in [2.24, 2.45) is 0 Å². The van der Waals surface area contributed by atoms with E-state index in [2.05, 4.69) is 13.8 Å². The molecule has 0 N–H and O–H groups in total. The maximum absolute atomic E-state index is 12.4. The van der Waals surface area contributed by atoms with Crippen molar-refractivity contribution >= 4 is 11.9 Å². The molecule has 0 aliphatic rings. The molecule has 1 atom stereocenters. The highest BCUT2D eigenvalue weighted by Crippen LogP contribution is 2.15. The van der Waals surface area contributed by atoms with Gasteiger partial charge in [0.25, 0.3) is 0 Å². The van der Waals surface area contributed by atoms with Gasteiger partial charge >= 0.3 is 11.9 Å². The molecule has 0 amide bonds. The van der Waals surface area contributed by atoms with Gasteiger partial charge in [0, 0.05) is 0 Å². The van der Waals surface area contributed by atoms with Crippen molar-refractivity contribution in [3.63, 3.8) is 0 Å². The van der Waals surface area contributed by atoms with Crippen LogP contribution in [-0.2, 0) is 9.47 Å². The van der Waals surface area contributed by atoms with E-state index >= 15 is 0 Å². The maximum Gasteiger partial charge on any atom is 0.338 e. The number of ether oxygens (including phenoxy) is 2. The Bertz CT molecular complexity index is 510.